The summed E-state index contributed by atoms with van der Waals surface area (Å²) in [7, 11) is -10.2. The van der Waals surface area contributed by atoms with Crippen molar-refractivity contribution in [2.75, 3.05) is 0 Å². The van der Waals surface area contributed by atoms with Crippen LogP contribution in [-0.4, -0.2) is 56.4 Å². The highest BCUT2D eigenvalue weighted by Gasteiger charge is 2.67. The lowest BCUT2D eigenvalue weighted by molar-refractivity contribution is -0.699. The fraction of sp³-hybridized carbons (Fsp3) is 0.750. The molecule has 0 spiro atoms. The Morgan fingerprint density at radius 1 is 0.676 bits per heavy atom. The number of aromatic nitrogens is 2. The van der Waals surface area contributed by atoms with E-state index in [4.69, 9.17) is 0 Å². The Morgan fingerprint density at radius 3 is 1.16 bits per heavy atom. The lowest BCUT2D eigenvalue weighted by Crippen LogP contribution is -2.47. The van der Waals surface area contributed by atoms with Crippen LogP contribution < -0.4 is 14.8 Å². The van der Waals surface area contributed by atoms with Gasteiger partial charge in [0.1, 0.15) is 12.4 Å². The molecule has 1 heterocycles. The zero-order valence-electron chi connectivity index (χ0n) is 17.3. The van der Waals surface area contributed by atoms with Gasteiger partial charge in [0, 0.05) is 0 Å². The standard InChI is InChI=1S/C8H10F5N2.2C2H2F5NO2S/c1-14-4-5-15(6-14)3-2-7(9,10)8(11,12)13;2*3-1(4,5)2(6,7)11(8,9)10/h4-6H,2-3H2,1H3;2*(H2,8,9,10)/q+1;;. The molecule has 0 aliphatic heterocycles. The van der Waals surface area contributed by atoms with Crippen molar-refractivity contribution in [3.63, 3.8) is 0 Å². The molecule has 4 N–H and O–H groups in total. The van der Waals surface area contributed by atoms with E-state index in [9.17, 15) is 82.7 Å². The number of hydrogen-bond acceptors (Lipinski definition) is 4. The highest BCUT2D eigenvalue weighted by Crippen LogP contribution is 2.39. The molecule has 0 atom stereocenters. The van der Waals surface area contributed by atoms with Crippen molar-refractivity contribution in [2.24, 2.45) is 17.3 Å². The Hall–Kier alpha value is -2.02. The van der Waals surface area contributed by atoms with Crippen molar-refractivity contribution < 1.29 is 87.3 Å². The smallest absolute Gasteiger partial charge is 0.240 e. The third-order valence-electron chi connectivity index (χ3n) is 3.30. The summed E-state index contributed by atoms with van der Waals surface area (Å²) in [5.41, 5.74) is 0. The molecule has 0 aromatic carbocycles. The highest BCUT2D eigenvalue weighted by atomic mass is 32.2. The van der Waals surface area contributed by atoms with E-state index >= 15 is 0 Å². The molecule has 37 heavy (non-hydrogen) atoms. The average molecular weight is 627 g/mol. The molecule has 1 rings (SSSR count). The van der Waals surface area contributed by atoms with Crippen LogP contribution in [0.15, 0.2) is 18.7 Å². The highest BCUT2D eigenvalue weighted by molar-refractivity contribution is 7.90. The van der Waals surface area contributed by atoms with Crippen LogP contribution in [0.1, 0.15) is 6.42 Å². The van der Waals surface area contributed by atoms with Crippen LogP contribution in [0.2, 0.25) is 0 Å². The van der Waals surface area contributed by atoms with E-state index in [2.05, 4.69) is 10.3 Å². The Labute approximate surface area is 196 Å². The lowest BCUT2D eigenvalue weighted by Gasteiger charge is -2.18. The Bertz CT molecular complexity index is 1040. The van der Waals surface area contributed by atoms with Gasteiger partial charge >= 0.3 is 35.0 Å². The van der Waals surface area contributed by atoms with Gasteiger partial charge in [0.15, 0.2) is 0 Å². The van der Waals surface area contributed by atoms with Gasteiger partial charge in [0.2, 0.25) is 6.33 Å². The number of hydrogen-bond donors (Lipinski definition) is 2. The predicted molar refractivity (Wildman–Crippen MR) is 89.4 cm³/mol. The normalized spacial score (nSPS) is 14.3. The molecule has 1 aromatic rings. The third-order valence-corrected chi connectivity index (χ3v) is 5.19. The minimum absolute atomic E-state index is 0.368. The molecule has 0 radical (unpaired) electrons. The van der Waals surface area contributed by atoms with Crippen molar-refractivity contribution in [3.8, 4) is 0 Å². The van der Waals surface area contributed by atoms with Crippen molar-refractivity contribution in [2.45, 2.75) is 47.9 Å². The number of imidazole rings is 1. The molecule has 0 saturated carbocycles. The van der Waals surface area contributed by atoms with Gasteiger partial charge in [-0.25, -0.2) is 36.2 Å². The van der Waals surface area contributed by atoms with Crippen LogP contribution in [0, 0.1) is 0 Å². The zero-order valence-corrected chi connectivity index (χ0v) is 18.9. The number of nitrogens with zero attached hydrogens (tertiary/aromatic N) is 2. The second-order valence-electron chi connectivity index (χ2n) is 6.39. The summed E-state index contributed by atoms with van der Waals surface area (Å²) in [6.07, 6.45) is -14.6. The van der Waals surface area contributed by atoms with Gasteiger partial charge in [-0.1, -0.05) is 0 Å². The summed E-state index contributed by atoms with van der Waals surface area (Å²) >= 11 is 0. The molecular formula is C12H14F15N4O4S2+. The van der Waals surface area contributed by atoms with E-state index < -0.39 is 61.4 Å². The SMILES string of the molecule is Cn1cc[n+](CCC(F)(F)C(F)(F)F)c1.NS(=O)(=O)C(F)(F)C(F)(F)F.NS(=O)(=O)C(F)(F)C(F)(F)F. The topological polar surface area (TPSA) is 129 Å². The average Bonchev–Trinajstić information content (AvgIpc) is 3.02. The molecule has 222 valence electrons. The van der Waals surface area contributed by atoms with E-state index in [1.165, 1.54) is 17.1 Å². The fourth-order valence-corrected chi connectivity index (χ4v) is 2.01. The predicted octanol–water partition coefficient (Wildman–Crippen LogP) is 2.76. The number of rotatable bonds is 5. The van der Waals surface area contributed by atoms with Gasteiger partial charge in [0.25, 0.3) is 20.0 Å². The molecular weight excluding hydrogens is 613 g/mol. The molecule has 0 amide bonds. The third kappa shape index (κ3) is 10.3. The maximum Gasteiger partial charge on any atom is 0.470 e. The number of primary sulfonamides is 2. The molecule has 25 heteroatoms. The summed E-state index contributed by atoms with van der Waals surface area (Å²) in [6, 6.07) is 0. The maximum absolute atomic E-state index is 12.5. The number of aryl methyl sites for hydroxylation is 2. The first-order valence-electron chi connectivity index (χ1n) is 8.11. The molecule has 0 fully saturated rings. The van der Waals surface area contributed by atoms with Gasteiger partial charge in [0.05, 0.1) is 20.0 Å². The van der Waals surface area contributed by atoms with E-state index in [1.807, 2.05) is 0 Å². The van der Waals surface area contributed by atoms with Gasteiger partial charge in [-0.05, 0) is 0 Å². The van der Waals surface area contributed by atoms with Crippen LogP contribution in [0.25, 0.3) is 0 Å². The monoisotopic (exact) mass is 627 g/mol. The van der Waals surface area contributed by atoms with Crippen molar-refractivity contribution in [1.82, 2.24) is 4.57 Å². The second kappa shape index (κ2) is 11.4. The van der Waals surface area contributed by atoms with Crippen molar-refractivity contribution >= 4 is 20.0 Å². The molecule has 0 unspecified atom stereocenters. The molecule has 0 saturated heterocycles. The van der Waals surface area contributed by atoms with Crippen molar-refractivity contribution in [3.05, 3.63) is 18.7 Å². The number of halogens is 15. The summed E-state index contributed by atoms with van der Waals surface area (Å²) in [4.78, 5) is 0. The zero-order chi connectivity index (χ0) is 30.7. The van der Waals surface area contributed by atoms with Crippen LogP contribution in [0.4, 0.5) is 65.9 Å². The quantitative estimate of drug-likeness (QED) is 0.385. The minimum Gasteiger partial charge on any atom is -0.240 e. The summed E-state index contributed by atoms with van der Waals surface area (Å²) in [6.45, 7) is -0.368. The van der Waals surface area contributed by atoms with Gasteiger partial charge in [-0.2, -0.15) is 65.9 Å². The first kappa shape index (κ1) is 37.1. The van der Waals surface area contributed by atoms with Crippen LogP contribution in [0.5, 0.6) is 0 Å². The van der Waals surface area contributed by atoms with Gasteiger partial charge in [-0.15, -0.1) is 0 Å². The van der Waals surface area contributed by atoms with E-state index in [0.717, 1.165) is 0 Å². The lowest BCUT2D eigenvalue weighted by atomic mass is 10.2. The van der Waals surface area contributed by atoms with Gasteiger partial charge in [-0.3, -0.25) is 0 Å². The van der Waals surface area contributed by atoms with E-state index in [0.29, 0.717) is 0 Å². The van der Waals surface area contributed by atoms with Crippen LogP contribution in [0.3, 0.4) is 0 Å². The summed E-state index contributed by atoms with van der Waals surface area (Å²) in [5, 5.41) is -4.55. The maximum atomic E-state index is 12.5. The first-order chi connectivity index (χ1) is 15.7. The van der Waals surface area contributed by atoms with Gasteiger partial charge < -0.3 is 0 Å². The fourth-order valence-electron chi connectivity index (χ4n) is 1.37. The minimum atomic E-state index is -6.17. The Morgan fingerprint density at radius 2 is 1.00 bits per heavy atom. The van der Waals surface area contributed by atoms with E-state index in [1.54, 1.807) is 17.8 Å². The summed E-state index contributed by atoms with van der Waals surface area (Å²) in [5.74, 6) is -4.63. The largest absolute Gasteiger partial charge is 0.470 e. The number of sulfonamides is 2. The summed E-state index contributed by atoms with van der Waals surface area (Å²) < 4.78 is 215. The Kier molecular flexibility index (Phi) is 11.4. The second-order valence-corrected chi connectivity index (χ2v) is 9.59. The molecule has 0 aliphatic rings. The molecule has 8 nitrogen and oxygen atoms in total. The molecule has 0 aliphatic carbocycles. The first-order valence-corrected chi connectivity index (χ1v) is 11.2. The number of nitrogens with two attached hydrogens (primary N) is 2. The molecule has 0 bridgehead atoms. The molecule has 1 aromatic heterocycles. The number of alkyl halides is 15. The van der Waals surface area contributed by atoms with E-state index in [-0.39, 0.29) is 6.54 Å². The van der Waals surface area contributed by atoms with Crippen molar-refractivity contribution in [1.29, 1.82) is 0 Å². The van der Waals surface area contributed by atoms with Crippen LogP contribution in [-0.2, 0) is 33.6 Å². The van der Waals surface area contributed by atoms with Crippen LogP contribution >= 0.6 is 0 Å². The Balaban J connectivity index is 0.